The summed E-state index contributed by atoms with van der Waals surface area (Å²) in [7, 11) is 0. The van der Waals surface area contributed by atoms with Gasteiger partial charge in [0.15, 0.2) is 0 Å². The van der Waals surface area contributed by atoms with Gasteiger partial charge < -0.3 is 5.11 Å². The first-order valence-electron chi connectivity index (χ1n) is 5.63. The summed E-state index contributed by atoms with van der Waals surface area (Å²) in [5, 5.41) is 9.94. The van der Waals surface area contributed by atoms with Gasteiger partial charge in [-0.15, -0.1) is 11.8 Å². The van der Waals surface area contributed by atoms with Gasteiger partial charge >= 0.3 is 0 Å². The van der Waals surface area contributed by atoms with E-state index in [0.717, 1.165) is 12.8 Å². The fourth-order valence-corrected chi connectivity index (χ4v) is 2.76. The summed E-state index contributed by atoms with van der Waals surface area (Å²) in [5.41, 5.74) is 1.31. The molecule has 2 rings (SSSR count). The first-order valence-corrected chi connectivity index (χ1v) is 6.86. The Morgan fingerprint density at radius 2 is 1.80 bits per heavy atom. The van der Waals surface area contributed by atoms with Crippen LogP contribution in [0, 0.1) is 0 Å². The van der Waals surface area contributed by atoms with Gasteiger partial charge in [-0.3, -0.25) is 0 Å². The minimum atomic E-state index is -0.126. The van der Waals surface area contributed by atoms with Gasteiger partial charge in [-0.25, -0.2) is 0 Å². The van der Waals surface area contributed by atoms with Crippen LogP contribution in [0.1, 0.15) is 37.2 Å². The second-order valence-electron chi connectivity index (χ2n) is 4.23. The molecule has 1 aromatic rings. The highest BCUT2D eigenvalue weighted by atomic mass is 32.2. The van der Waals surface area contributed by atoms with Crippen molar-refractivity contribution >= 4 is 11.8 Å². The van der Waals surface area contributed by atoms with Gasteiger partial charge in [0, 0.05) is 10.8 Å². The van der Waals surface area contributed by atoms with E-state index in [-0.39, 0.29) is 6.10 Å². The standard InChI is InChI=1S/C13H18OS/c1-15-11-8-6-10(7-9-11)12-4-2-3-5-13(12)14/h6-9,12-14H,2-5H2,1H3/t12-,13-/m1/s1. The van der Waals surface area contributed by atoms with Crippen molar-refractivity contribution in [2.24, 2.45) is 0 Å². The molecule has 1 nitrogen and oxygen atoms in total. The lowest BCUT2D eigenvalue weighted by Crippen LogP contribution is -2.22. The molecule has 0 saturated heterocycles. The number of rotatable bonds is 2. The highest BCUT2D eigenvalue weighted by molar-refractivity contribution is 7.98. The Labute approximate surface area is 95.9 Å². The lowest BCUT2D eigenvalue weighted by Gasteiger charge is -2.27. The van der Waals surface area contributed by atoms with Crippen molar-refractivity contribution in [1.29, 1.82) is 0 Å². The second kappa shape index (κ2) is 5.04. The molecule has 1 fully saturated rings. The van der Waals surface area contributed by atoms with Crippen molar-refractivity contribution in [3.63, 3.8) is 0 Å². The van der Waals surface area contributed by atoms with Crippen LogP contribution in [0.3, 0.4) is 0 Å². The quantitative estimate of drug-likeness (QED) is 0.774. The van der Waals surface area contributed by atoms with Crippen molar-refractivity contribution in [1.82, 2.24) is 0 Å². The Kier molecular flexibility index (Phi) is 3.71. The minimum absolute atomic E-state index is 0.126. The molecule has 1 N–H and O–H groups in total. The SMILES string of the molecule is CSc1ccc([C@H]2CCCC[C@H]2O)cc1. The molecule has 0 spiro atoms. The Balaban J connectivity index is 2.13. The second-order valence-corrected chi connectivity index (χ2v) is 5.11. The number of thioether (sulfide) groups is 1. The summed E-state index contributed by atoms with van der Waals surface area (Å²) in [6.45, 7) is 0. The van der Waals surface area contributed by atoms with Crippen LogP contribution in [0.15, 0.2) is 29.2 Å². The first kappa shape index (κ1) is 11.0. The number of aliphatic hydroxyl groups excluding tert-OH is 1. The van der Waals surface area contributed by atoms with Gasteiger partial charge in [0.1, 0.15) is 0 Å². The van der Waals surface area contributed by atoms with Crippen LogP contribution in [0.4, 0.5) is 0 Å². The van der Waals surface area contributed by atoms with Crippen molar-refractivity contribution in [3.05, 3.63) is 29.8 Å². The summed E-state index contributed by atoms with van der Waals surface area (Å²) in [4.78, 5) is 1.30. The van der Waals surface area contributed by atoms with Crippen molar-refractivity contribution in [2.45, 2.75) is 42.6 Å². The lowest BCUT2D eigenvalue weighted by molar-refractivity contribution is 0.106. The zero-order chi connectivity index (χ0) is 10.7. The lowest BCUT2D eigenvalue weighted by atomic mass is 9.82. The molecule has 2 atom stereocenters. The topological polar surface area (TPSA) is 20.2 Å². The number of hydrogen-bond donors (Lipinski definition) is 1. The van der Waals surface area contributed by atoms with E-state index in [4.69, 9.17) is 0 Å². The highest BCUT2D eigenvalue weighted by Crippen LogP contribution is 2.33. The summed E-state index contributed by atoms with van der Waals surface area (Å²) in [5.74, 6) is 0.370. The van der Waals surface area contributed by atoms with Crippen molar-refractivity contribution < 1.29 is 5.11 Å². The van der Waals surface area contributed by atoms with Crippen molar-refractivity contribution in [3.8, 4) is 0 Å². The molecule has 0 heterocycles. The molecular weight excluding hydrogens is 204 g/mol. The van der Waals surface area contributed by atoms with Gasteiger partial charge in [0.25, 0.3) is 0 Å². The molecule has 82 valence electrons. The van der Waals surface area contributed by atoms with Crippen molar-refractivity contribution in [2.75, 3.05) is 6.26 Å². The van der Waals surface area contributed by atoms with E-state index in [0.29, 0.717) is 5.92 Å². The van der Waals surface area contributed by atoms with E-state index in [9.17, 15) is 5.11 Å². The predicted molar refractivity (Wildman–Crippen MR) is 65.4 cm³/mol. The fourth-order valence-electron chi connectivity index (χ4n) is 2.35. The van der Waals surface area contributed by atoms with Crippen LogP contribution >= 0.6 is 11.8 Å². The molecule has 0 unspecified atom stereocenters. The summed E-state index contributed by atoms with van der Waals surface area (Å²) >= 11 is 1.76. The van der Waals surface area contributed by atoms with Gasteiger partial charge in [-0.1, -0.05) is 25.0 Å². The van der Waals surface area contributed by atoms with E-state index in [1.165, 1.54) is 23.3 Å². The third kappa shape index (κ3) is 2.56. The van der Waals surface area contributed by atoms with Gasteiger partial charge in [0.2, 0.25) is 0 Å². The molecule has 0 radical (unpaired) electrons. The normalized spacial score (nSPS) is 26.5. The summed E-state index contributed by atoms with van der Waals surface area (Å²) in [6, 6.07) is 8.65. The van der Waals surface area contributed by atoms with Gasteiger partial charge in [-0.05, 0) is 36.8 Å². The molecule has 1 aliphatic rings. The molecule has 0 amide bonds. The molecular formula is C13H18OS. The Morgan fingerprint density at radius 3 is 2.40 bits per heavy atom. The summed E-state index contributed by atoms with van der Waals surface area (Å²) in [6.07, 6.45) is 6.50. The maximum absolute atomic E-state index is 9.94. The monoisotopic (exact) mass is 222 g/mol. The fraction of sp³-hybridized carbons (Fsp3) is 0.538. The molecule has 1 aliphatic carbocycles. The molecule has 0 bridgehead atoms. The van der Waals surface area contributed by atoms with Crippen LogP contribution < -0.4 is 0 Å². The average Bonchev–Trinajstić information content (AvgIpc) is 2.30. The Bertz CT molecular complexity index is 307. The predicted octanol–water partition coefficient (Wildman–Crippen LogP) is 3.43. The first-order chi connectivity index (χ1) is 7.31. The smallest absolute Gasteiger partial charge is 0.0608 e. The van der Waals surface area contributed by atoms with Crippen LogP contribution in [0.2, 0.25) is 0 Å². The third-order valence-electron chi connectivity index (χ3n) is 3.27. The zero-order valence-electron chi connectivity index (χ0n) is 9.15. The van der Waals surface area contributed by atoms with E-state index >= 15 is 0 Å². The maximum Gasteiger partial charge on any atom is 0.0608 e. The van der Waals surface area contributed by atoms with Gasteiger partial charge in [-0.2, -0.15) is 0 Å². The number of aliphatic hydroxyl groups is 1. The average molecular weight is 222 g/mol. The Morgan fingerprint density at radius 1 is 1.13 bits per heavy atom. The zero-order valence-corrected chi connectivity index (χ0v) is 9.96. The molecule has 0 aromatic heterocycles. The number of hydrogen-bond acceptors (Lipinski definition) is 2. The third-order valence-corrected chi connectivity index (χ3v) is 4.02. The molecule has 1 aromatic carbocycles. The minimum Gasteiger partial charge on any atom is -0.392 e. The van der Waals surface area contributed by atoms with E-state index < -0.39 is 0 Å². The largest absolute Gasteiger partial charge is 0.392 e. The van der Waals surface area contributed by atoms with Crippen LogP contribution in [0.5, 0.6) is 0 Å². The van der Waals surface area contributed by atoms with Crippen LogP contribution in [0.25, 0.3) is 0 Å². The van der Waals surface area contributed by atoms with Crippen LogP contribution in [-0.4, -0.2) is 17.5 Å². The van der Waals surface area contributed by atoms with Crippen LogP contribution in [-0.2, 0) is 0 Å². The Hall–Kier alpha value is -0.470. The molecule has 1 saturated carbocycles. The van der Waals surface area contributed by atoms with E-state index in [2.05, 4.69) is 30.5 Å². The molecule has 15 heavy (non-hydrogen) atoms. The number of benzene rings is 1. The van der Waals surface area contributed by atoms with Gasteiger partial charge in [0.05, 0.1) is 6.10 Å². The molecule has 0 aliphatic heterocycles. The van der Waals surface area contributed by atoms with E-state index in [1.54, 1.807) is 11.8 Å². The van der Waals surface area contributed by atoms with E-state index in [1.807, 2.05) is 0 Å². The summed E-state index contributed by atoms with van der Waals surface area (Å²) < 4.78 is 0. The highest BCUT2D eigenvalue weighted by Gasteiger charge is 2.24. The maximum atomic E-state index is 9.94. The molecule has 2 heteroatoms.